The summed E-state index contributed by atoms with van der Waals surface area (Å²) in [7, 11) is 0. The Morgan fingerprint density at radius 3 is 1.91 bits per heavy atom. The fourth-order valence-electron chi connectivity index (χ4n) is 0.714. The molecular formula is C8H20FNO. The van der Waals surface area contributed by atoms with Crippen LogP contribution in [0.5, 0.6) is 0 Å². The summed E-state index contributed by atoms with van der Waals surface area (Å²) in [4.78, 5) is 0. The van der Waals surface area contributed by atoms with E-state index >= 15 is 0 Å². The summed E-state index contributed by atoms with van der Waals surface area (Å²) in [6, 6.07) is 0. The van der Waals surface area contributed by atoms with Crippen LogP contribution in [0.3, 0.4) is 0 Å². The molecular weight excluding hydrogens is 145 g/mol. The van der Waals surface area contributed by atoms with Crippen LogP contribution in [0, 0.1) is 0 Å². The summed E-state index contributed by atoms with van der Waals surface area (Å²) in [6.45, 7) is 4.98. The third kappa shape index (κ3) is 12.9. The van der Waals surface area contributed by atoms with Crippen LogP contribution in [0.25, 0.3) is 0 Å². The first-order valence-electron chi connectivity index (χ1n) is 4.19. The van der Waals surface area contributed by atoms with E-state index in [4.69, 9.17) is 10.5 Å². The first-order valence-corrected chi connectivity index (χ1v) is 4.19. The molecule has 0 bridgehead atoms. The lowest BCUT2D eigenvalue weighted by molar-refractivity contribution is 0.198. The van der Waals surface area contributed by atoms with Crippen LogP contribution in [0.1, 0.15) is 32.6 Å². The highest BCUT2D eigenvalue weighted by Crippen LogP contribution is 1.98. The van der Waals surface area contributed by atoms with Gasteiger partial charge in [0, 0.05) is 13.2 Å². The van der Waals surface area contributed by atoms with Crippen molar-refractivity contribution in [2.24, 2.45) is 5.73 Å². The van der Waals surface area contributed by atoms with E-state index in [0.29, 0.717) is 0 Å². The molecule has 0 aromatic carbocycles. The molecule has 70 valence electrons. The first kappa shape index (κ1) is 13.4. The van der Waals surface area contributed by atoms with Gasteiger partial charge in [-0.1, -0.05) is 13.3 Å². The zero-order valence-electron chi connectivity index (χ0n) is 7.34. The van der Waals surface area contributed by atoms with Gasteiger partial charge in [-0.15, -0.1) is 0 Å². The Hall–Kier alpha value is -0.150. The van der Waals surface area contributed by atoms with Crippen LogP contribution in [0.15, 0.2) is 0 Å². The summed E-state index contributed by atoms with van der Waals surface area (Å²) >= 11 is 0. The minimum Gasteiger partial charge on any atom is -0.381 e. The van der Waals surface area contributed by atoms with E-state index in [1.54, 1.807) is 0 Å². The van der Waals surface area contributed by atoms with Crippen molar-refractivity contribution in [2.75, 3.05) is 19.8 Å². The molecule has 11 heavy (non-hydrogen) atoms. The van der Waals surface area contributed by atoms with Gasteiger partial charge in [0.25, 0.3) is 0 Å². The van der Waals surface area contributed by atoms with Gasteiger partial charge in [0.2, 0.25) is 0 Å². The molecule has 0 aliphatic carbocycles. The van der Waals surface area contributed by atoms with Gasteiger partial charge < -0.3 is 10.5 Å². The average molecular weight is 165 g/mol. The van der Waals surface area contributed by atoms with Gasteiger partial charge in [-0.25, -0.2) is 0 Å². The third-order valence-electron chi connectivity index (χ3n) is 1.39. The Labute approximate surface area is 68.5 Å². The molecule has 0 spiro atoms. The van der Waals surface area contributed by atoms with Crippen molar-refractivity contribution in [2.45, 2.75) is 32.6 Å². The van der Waals surface area contributed by atoms with Crippen molar-refractivity contribution in [3.63, 3.8) is 0 Å². The Bertz CT molecular complexity index is 48.4. The molecule has 0 radical (unpaired) electrons. The largest absolute Gasteiger partial charge is 0.381 e. The molecule has 0 atom stereocenters. The van der Waals surface area contributed by atoms with Gasteiger partial charge >= 0.3 is 0 Å². The molecule has 0 amide bonds. The summed E-state index contributed by atoms with van der Waals surface area (Å²) in [5.74, 6) is 0. The van der Waals surface area contributed by atoms with Crippen LogP contribution >= 0.6 is 0 Å². The second-order valence-electron chi connectivity index (χ2n) is 2.46. The average Bonchev–Trinajstić information content (AvgIpc) is 2.44. The van der Waals surface area contributed by atoms with Crippen LogP contribution in [0.2, 0.25) is 0 Å². The summed E-state index contributed by atoms with van der Waals surface area (Å²) in [6.07, 6.45) is 4.94. The van der Waals surface area contributed by atoms with E-state index in [0.717, 1.165) is 19.8 Å². The zero-order valence-corrected chi connectivity index (χ0v) is 7.34. The molecule has 1 saturated heterocycles. The maximum Gasteiger partial charge on any atom is 0.0466 e. The van der Waals surface area contributed by atoms with E-state index in [9.17, 15) is 0 Å². The Morgan fingerprint density at radius 2 is 1.82 bits per heavy atom. The van der Waals surface area contributed by atoms with Gasteiger partial charge in [-0.2, -0.15) is 0 Å². The third-order valence-corrected chi connectivity index (χ3v) is 1.39. The molecule has 1 rings (SSSR count). The molecule has 0 saturated carbocycles. The highest BCUT2D eigenvalue weighted by Gasteiger charge is 1.94. The van der Waals surface area contributed by atoms with Crippen LogP contribution < -0.4 is 5.73 Å². The van der Waals surface area contributed by atoms with Gasteiger partial charge in [0.1, 0.15) is 0 Å². The number of halogens is 1. The predicted molar refractivity (Wildman–Crippen MR) is 46.5 cm³/mol. The number of nitrogens with two attached hydrogens (primary N) is 1. The van der Waals surface area contributed by atoms with Crippen LogP contribution in [-0.2, 0) is 4.74 Å². The monoisotopic (exact) mass is 165 g/mol. The standard InChI is InChI=1S/C4H11N.C4H8O.FH/c1-2-3-4-5;1-2-4-5-3-1;/h2-5H2,1H3;1-4H2;1H. The second-order valence-corrected chi connectivity index (χ2v) is 2.46. The van der Waals surface area contributed by atoms with Gasteiger partial charge in [0.15, 0.2) is 0 Å². The highest BCUT2D eigenvalue weighted by molar-refractivity contribution is 4.43. The van der Waals surface area contributed by atoms with E-state index < -0.39 is 0 Å². The SMILES string of the molecule is C1CCOC1.CCCCN.F. The van der Waals surface area contributed by atoms with E-state index in [1.165, 1.54) is 25.7 Å². The molecule has 3 heteroatoms. The zero-order chi connectivity index (χ0) is 7.66. The number of hydrogen-bond donors (Lipinski definition) is 1. The summed E-state index contributed by atoms with van der Waals surface area (Å²) < 4.78 is 4.94. The van der Waals surface area contributed by atoms with Crippen molar-refractivity contribution in [1.29, 1.82) is 0 Å². The maximum atomic E-state index is 5.14. The van der Waals surface area contributed by atoms with Crippen LogP contribution in [-0.4, -0.2) is 19.8 Å². The maximum absolute atomic E-state index is 5.14. The van der Waals surface area contributed by atoms with E-state index in [2.05, 4.69) is 6.92 Å². The molecule has 2 nitrogen and oxygen atoms in total. The summed E-state index contributed by atoms with van der Waals surface area (Å²) in [5, 5.41) is 0. The number of ether oxygens (including phenoxy) is 1. The molecule has 0 unspecified atom stereocenters. The van der Waals surface area contributed by atoms with E-state index in [1.807, 2.05) is 0 Å². The lowest BCUT2D eigenvalue weighted by Gasteiger charge is -1.80. The predicted octanol–water partition coefficient (Wildman–Crippen LogP) is 1.69. The molecule has 1 heterocycles. The van der Waals surface area contributed by atoms with Gasteiger partial charge in [0.05, 0.1) is 0 Å². The molecule has 0 aromatic heterocycles. The Kier molecular flexibility index (Phi) is 15.3. The van der Waals surface area contributed by atoms with Gasteiger partial charge in [-0.3, -0.25) is 4.70 Å². The number of hydrogen-bond acceptors (Lipinski definition) is 2. The van der Waals surface area contributed by atoms with E-state index in [-0.39, 0.29) is 4.70 Å². The minimum absolute atomic E-state index is 0. The Morgan fingerprint density at radius 1 is 1.27 bits per heavy atom. The molecule has 2 N–H and O–H groups in total. The van der Waals surface area contributed by atoms with Crippen LogP contribution in [0.4, 0.5) is 4.70 Å². The summed E-state index contributed by atoms with van der Waals surface area (Å²) in [5.41, 5.74) is 5.14. The Balaban J connectivity index is 0. The minimum atomic E-state index is 0. The fourth-order valence-corrected chi connectivity index (χ4v) is 0.714. The fraction of sp³-hybridized carbons (Fsp3) is 1.00. The second kappa shape index (κ2) is 12.5. The molecule has 0 aromatic rings. The van der Waals surface area contributed by atoms with Crippen molar-refractivity contribution in [3.05, 3.63) is 0 Å². The van der Waals surface area contributed by atoms with Crippen molar-refractivity contribution in [1.82, 2.24) is 0 Å². The molecule has 1 aliphatic rings. The van der Waals surface area contributed by atoms with Crippen molar-refractivity contribution < 1.29 is 9.44 Å². The lowest BCUT2D eigenvalue weighted by atomic mass is 10.3. The topological polar surface area (TPSA) is 35.2 Å². The normalized spacial score (nSPS) is 14.7. The van der Waals surface area contributed by atoms with Crippen molar-refractivity contribution >= 4 is 0 Å². The first-order chi connectivity index (χ1) is 4.91. The smallest absolute Gasteiger partial charge is 0.0466 e. The lowest BCUT2D eigenvalue weighted by Crippen LogP contribution is -1.95. The van der Waals surface area contributed by atoms with Crippen molar-refractivity contribution in [3.8, 4) is 0 Å². The molecule has 1 fully saturated rings. The molecule has 1 aliphatic heterocycles. The quantitative estimate of drug-likeness (QED) is 0.676. The number of unbranched alkanes of at least 4 members (excludes halogenated alkanes) is 1. The highest BCUT2D eigenvalue weighted by atomic mass is 19.0. The number of rotatable bonds is 2. The van der Waals surface area contributed by atoms with Gasteiger partial charge in [-0.05, 0) is 25.8 Å².